The number of hydrogen-bond donors (Lipinski definition) is 1. The maximum atomic E-state index is 10.8. The van der Waals surface area contributed by atoms with Gasteiger partial charge in [0.2, 0.25) is 0 Å². The second-order valence-electron chi connectivity index (χ2n) is 7.61. The summed E-state index contributed by atoms with van der Waals surface area (Å²) in [6.07, 6.45) is 9.34. The van der Waals surface area contributed by atoms with Crippen molar-refractivity contribution in [3.63, 3.8) is 0 Å². The van der Waals surface area contributed by atoms with E-state index in [2.05, 4.69) is 20.8 Å². The van der Waals surface area contributed by atoms with E-state index in [1.807, 2.05) is 0 Å². The monoisotopic (exact) mass is 254 g/mol. The van der Waals surface area contributed by atoms with E-state index >= 15 is 0 Å². The van der Waals surface area contributed by atoms with Gasteiger partial charge in [-0.2, -0.15) is 0 Å². The Morgan fingerprint density at radius 1 is 1.28 bits per heavy atom. The van der Waals surface area contributed by atoms with E-state index in [4.69, 9.17) is 4.74 Å². The first kappa shape index (κ1) is 14.3. The zero-order valence-electron chi connectivity index (χ0n) is 12.4. The molecule has 2 heteroatoms. The van der Waals surface area contributed by atoms with Crippen LogP contribution in [0.15, 0.2) is 0 Å². The van der Waals surface area contributed by atoms with Crippen LogP contribution in [0.5, 0.6) is 0 Å². The quantitative estimate of drug-likeness (QED) is 0.824. The van der Waals surface area contributed by atoms with Gasteiger partial charge in [-0.3, -0.25) is 0 Å². The molecule has 3 unspecified atom stereocenters. The lowest BCUT2D eigenvalue weighted by Crippen LogP contribution is -2.42. The summed E-state index contributed by atoms with van der Waals surface area (Å²) in [6.45, 7) is 7.83. The van der Waals surface area contributed by atoms with Crippen LogP contribution in [-0.2, 0) is 4.74 Å². The first-order valence-electron chi connectivity index (χ1n) is 7.73. The highest BCUT2D eigenvalue weighted by Gasteiger charge is 2.41. The highest BCUT2D eigenvalue weighted by molar-refractivity contribution is 4.93. The molecular weight excluding hydrogens is 224 g/mol. The lowest BCUT2D eigenvalue weighted by atomic mass is 9.64. The van der Waals surface area contributed by atoms with Crippen molar-refractivity contribution >= 4 is 0 Å². The van der Waals surface area contributed by atoms with Gasteiger partial charge in [-0.05, 0) is 62.7 Å². The van der Waals surface area contributed by atoms with Crippen molar-refractivity contribution in [1.82, 2.24) is 0 Å². The highest BCUT2D eigenvalue weighted by atomic mass is 16.5. The maximum Gasteiger partial charge on any atom is 0.0655 e. The molecule has 2 rings (SSSR count). The summed E-state index contributed by atoms with van der Waals surface area (Å²) in [5.74, 6) is 0.654. The van der Waals surface area contributed by atoms with Crippen LogP contribution in [0.4, 0.5) is 0 Å². The highest BCUT2D eigenvalue weighted by Crippen LogP contribution is 2.45. The van der Waals surface area contributed by atoms with Crippen LogP contribution in [0.25, 0.3) is 0 Å². The first-order chi connectivity index (χ1) is 8.39. The Hall–Kier alpha value is -0.0800. The number of aliphatic hydroxyl groups is 1. The van der Waals surface area contributed by atoms with E-state index in [1.165, 1.54) is 19.3 Å². The van der Waals surface area contributed by atoms with Gasteiger partial charge in [0, 0.05) is 6.61 Å². The molecule has 1 aliphatic heterocycles. The molecule has 1 aliphatic carbocycles. The van der Waals surface area contributed by atoms with Crippen molar-refractivity contribution in [1.29, 1.82) is 0 Å². The molecule has 0 spiro atoms. The Morgan fingerprint density at radius 3 is 2.67 bits per heavy atom. The smallest absolute Gasteiger partial charge is 0.0655 e. The second-order valence-corrected chi connectivity index (χ2v) is 7.61. The fraction of sp³-hybridized carbons (Fsp3) is 1.00. The van der Waals surface area contributed by atoms with Crippen LogP contribution in [0.2, 0.25) is 0 Å². The van der Waals surface area contributed by atoms with E-state index in [0.29, 0.717) is 17.4 Å². The maximum absolute atomic E-state index is 10.8. The Kier molecular flexibility index (Phi) is 4.38. The molecule has 2 nitrogen and oxygen atoms in total. The van der Waals surface area contributed by atoms with E-state index in [-0.39, 0.29) is 0 Å². The molecule has 0 aromatic carbocycles. The average Bonchev–Trinajstić information content (AvgIpc) is 2.65. The molecule has 2 aliphatic rings. The van der Waals surface area contributed by atoms with Crippen molar-refractivity contribution in [2.75, 3.05) is 6.61 Å². The molecule has 106 valence electrons. The zero-order chi connectivity index (χ0) is 13.2. The Labute approximate surface area is 112 Å². The van der Waals surface area contributed by atoms with Gasteiger partial charge in [0.1, 0.15) is 0 Å². The predicted molar refractivity (Wildman–Crippen MR) is 74.6 cm³/mol. The van der Waals surface area contributed by atoms with Crippen LogP contribution in [0.3, 0.4) is 0 Å². The molecule has 3 atom stereocenters. The fourth-order valence-corrected chi connectivity index (χ4v) is 4.42. The van der Waals surface area contributed by atoms with E-state index < -0.39 is 5.60 Å². The lowest BCUT2D eigenvalue weighted by Gasteiger charge is -2.45. The summed E-state index contributed by atoms with van der Waals surface area (Å²) < 4.78 is 5.66. The Balaban J connectivity index is 1.79. The van der Waals surface area contributed by atoms with Gasteiger partial charge in [0.05, 0.1) is 11.7 Å². The van der Waals surface area contributed by atoms with Crippen molar-refractivity contribution in [3.05, 3.63) is 0 Å². The molecule has 1 saturated carbocycles. The normalized spacial score (nSPS) is 40.0. The average molecular weight is 254 g/mol. The van der Waals surface area contributed by atoms with E-state index in [1.54, 1.807) is 0 Å². The third kappa shape index (κ3) is 3.96. The molecule has 0 aromatic heterocycles. The Morgan fingerprint density at radius 2 is 2.06 bits per heavy atom. The van der Waals surface area contributed by atoms with Gasteiger partial charge >= 0.3 is 0 Å². The second kappa shape index (κ2) is 5.50. The summed E-state index contributed by atoms with van der Waals surface area (Å²) in [5, 5.41) is 10.8. The standard InChI is InChI=1S/C16H30O2/c1-13-10-15(2,3)12-16(17,11-13)8-4-6-14-7-5-9-18-14/h13-14,17H,4-12H2,1-3H3. The molecule has 1 saturated heterocycles. The third-order valence-corrected chi connectivity index (χ3v) is 4.63. The zero-order valence-corrected chi connectivity index (χ0v) is 12.4. The predicted octanol–water partition coefficient (Wildman–Crippen LogP) is 3.91. The SMILES string of the molecule is CC1CC(C)(C)CC(O)(CCCC2CCCO2)C1. The summed E-state index contributed by atoms with van der Waals surface area (Å²) in [7, 11) is 0. The van der Waals surface area contributed by atoms with Gasteiger partial charge in [-0.25, -0.2) is 0 Å². The van der Waals surface area contributed by atoms with Crippen molar-refractivity contribution in [2.24, 2.45) is 11.3 Å². The summed E-state index contributed by atoms with van der Waals surface area (Å²) in [5.41, 5.74) is -0.115. The molecule has 2 fully saturated rings. The molecule has 0 bridgehead atoms. The molecule has 1 N–H and O–H groups in total. The minimum absolute atomic E-state index is 0.302. The van der Waals surface area contributed by atoms with Crippen LogP contribution < -0.4 is 0 Å². The first-order valence-corrected chi connectivity index (χ1v) is 7.73. The summed E-state index contributed by atoms with van der Waals surface area (Å²) in [6, 6.07) is 0. The Bertz CT molecular complexity index is 268. The van der Waals surface area contributed by atoms with Crippen molar-refractivity contribution in [2.45, 2.75) is 83.8 Å². The molecule has 0 amide bonds. The molecule has 0 radical (unpaired) electrons. The minimum atomic E-state index is -0.417. The van der Waals surface area contributed by atoms with Gasteiger partial charge < -0.3 is 9.84 Å². The van der Waals surface area contributed by atoms with Crippen LogP contribution in [0.1, 0.15) is 72.1 Å². The van der Waals surface area contributed by atoms with Crippen LogP contribution >= 0.6 is 0 Å². The van der Waals surface area contributed by atoms with Gasteiger partial charge in [0.25, 0.3) is 0 Å². The molecule has 0 aromatic rings. The van der Waals surface area contributed by atoms with Crippen molar-refractivity contribution < 1.29 is 9.84 Å². The van der Waals surface area contributed by atoms with E-state index in [9.17, 15) is 5.11 Å². The molecule has 18 heavy (non-hydrogen) atoms. The fourth-order valence-electron chi connectivity index (χ4n) is 4.42. The number of ether oxygens (including phenoxy) is 1. The largest absolute Gasteiger partial charge is 0.390 e. The van der Waals surface area contributed by atoms with Gasteiger partial charge in [-0.15, -0.1) is 0 Å². The minimum Gasteiger partial charge on any atom is -0.390 e. The third-order valence-electron chi connectivity index (χ3n) is 4.63. The molecular formula is C16H30O2. The van der Waals surface area contributed by atoms with Crippen LogP contribution in [-0.4, -0.2) is 23.4 Å². The number of rotatable bonds is 4. The topological polar surface area (TPSA) is 29.5 Å². The lowest BCUT2D eigenvalue weighted by molar-refractivity contribution is -0.0664. The van der Waals surface area contributed by atoms with E-state index in [0.717, 1.165) is 38.7 Å². The van der Waals surface area contributed by atoms with Gasteiger partial charge in [-0.1, -0.05) is 20.8 Å². The summed E-state index contributed by atoms with van der Waals surface area (Å²) >= 11 is 0. The number of hydrogen-bond acceptors (Lipinski definition) is 2. The van der Waals surface area contributed by atoms with Crippen LogP contribution in [0, 0.1) is 11.3 Å². The van der Waals surface area contributed by atoms with Gasteiger partial charge in [0.15, 0.2) is 0 Å². The summed E-state index contributed by atoms with van der Waals surface area (Å²) in [4.78, 5) is 0. The van der Waals surface area contributed by atoms with Crippen molar-refractivity contribution in [3.8, 4) is 0 Å². The molecule has 1 heterocycles.